The molecule has 0 radical (unpaired) electrons. The SMILES string of the molecule is CC(C)(C)OC(=O)N[C@@H](Cc1ccc(Cl)cc1)C(=O)C=[N+]=[N-]. The zero-order valence-electron chi connectivity index (χ0n) is 12.7. The molecule has 0 aromatic heterocycles. The van der Waals surface area contributed by atoms with Crippen molar-refractivity contribution < 1.29 is 19.1 Å². The van der Waals surface area contributed by atoms with E-state index in [2.05, 4.69) is 10.1 Å². The third kappa shape index (κ3) is 6.52. The first-order valence-corrected chi connectivity index (χ1v) is 7.04. The van der Waals surface area contributed by atoms with Crippen molar-refractivity contribution in [3.05, 3.63) is 40.4 Å². The predicted octanol–water partition coefficient (Wildman–Crippen LogP) is 2.65. The van der Waals surface area contributed by atoms with Gasteiger partial charge < -0.3 is 15.6 Å². The number of Topliss-reactive ketones (excluding diaryl/α,β-unsaturated/α-hetero) is 1. The van der Waals surface area contributed by atoms with Crippen LogP contribution in [0.3, 0.4) is 0 Å². The van der Waals surface area contributed by atoms with Crippen molar-refractivity contribution in [1.29, 1.82) is 0 Å². The summed E-state index contributed by atoms with van der Waals surface area (Å²) in [5.74, 6) is -0.539. The molecule has 0 unspecified atom stereocenters. The smallest absolute Gasteiger partial charge is 0.408 e. The van der Waals surface area contributed by atoms with Gasteiger partial charge in [-0.05, 0) is 38.5 Å². The van der Waals surface area contributed by atoms with Crippen LogP contribution in [0, 0.1) is 0 Å². The Hall–Kier alpha value is -2.17. The quantitative estimate of drug-likeness (QED) is 0.513. The lowest BCUT2D eigenvalue weighted by Gasteiger charge is -2.22. The third-order valence-corrected chi connectivity index (χ3v) is 2.82. The zero-order chi connectivity index (χ0) is 16.8. The Morgan fingerprint density at radius 2 is 1.95 bits per heavy atom. The molecule has 0 aliphatic carbocycles. The number of ether oxygens (including phenoxy) is 1. The number of nitrogens with one attached hydrogen (secondary N) is 1. The summed E-state index contributed by atoms with van der Waals surface area (Å²) >= 11 is 5.81. The van der Waals surface area contributed by atoms with Gasteiger partial charge in [0.25, 0.3) is 5.78 Å². The highest BCUT2D eigenvalue weighted by Gasteiger charge is 2.25. The van der Waals surface area contributed by atoms with Crippen molar-refractivity contribution in [2.75, 3.05) is 0 Å². The second kappa shape index (κ2) is 7.73. The van der Waals surface area contributed by atoms with Gasteiger partial charge in [-0.1, -0.05) is 23.7 Å². The van der Waals surface area contributed by atoms with Crippen LogP contribution >= 0.6 is 11.6 Å². The fourth-order valence-corrected chi connectivity index (χ4v) is 1.80. The first-order chi connectivity index (χ1) is 10.2. The zero-order valence-corrected chi connectivity index (χ0v) is 13.4. The van der Waals surface area contributed by atoms with Gasteiger partial charge >= 0.3 is 12.3 Å². The number of carbonyl (C=O) groups excluding carboxylic acids is 2. The van der Waals surface area contributed by atoms with Gasteiger partial charge in [-0.3, -0.25) is 4.79 Å². The number of rotatable bonds is 5. The molecule has 0 aliphatic rings. The minimum Gasteiger partial charge on any atom is -0.444 e. The summed E-state index contributed by atoms with van der Waals surface area (Å²) in [5.41, 5.74) is 8.61. The molecule has 1 aromatic rings. The highest BCUT2D eigenvalue weighted by molar-refractivity contribution is 6.30. The molecule has 0 saturated heterocycles. The van der Waals surface area contributed by atoms with Crippen LogP contribution in [0.2, 0.25) is 5.02 Å². The molecule has 1 aromatic carbocycles. The number of carbonyl (C=O) groups is 2. The molecule has 1 amide bonds. The fourth-order valence-electron chi connectivity index (χ4n) is 1.68. The highest BCUT2D eigenvalue weighted by atomic mass is 35.5. The third-order valence-electron chi connectivity index (χ3n) is 2.57. The topological polar surface area (TPSA) is 91.8 Å². The van der Waals surface area contributed by atoms with Gasteiger partial charge in [0.2, 0.25) is 0 Å². The Bertz CT molecular complexity index is 587. The average Bonchev–Trinajstić information content (AvgIpc) is 2.38. The van der Waals surface area contributed by atoms with Gasteiger partial charge in [0.1, 0.15) is 11.6 Å². The Labute approximate surface area is 134 Å². The number of benzene rings is 1. The van der Waals surface area contributed by atoms with Crippen LogP contribution in [0.4, 0.5) is 4.79 Å². The lowest BCUT2D eigenvalue weighted by atomic mass is 10.0. The van der Waals surface area contributed by atoms with Crippen LogP contribution in [-0.4, -0.2) is 34.5 Å². The Morgan fingerprint density at radius 3 is 2.45 bits per heavy atom. The molecule has 1 rings (SSSR count). The molecule has 6 nitrogen and oxygen atoms in total. The number of alkyl carbamates (subject to hydrolysis) is 1. The van der Waals surface area contributed by atoms with Crippen LogP contribution in [0.5, 0.6) is 0 Å². The van der Waals surface area contributed by atoms with E-state index in [1.807, 2.05) is 0 Å². The molecule has 0 fully saturated rings. The van der Waals surface area contributed by atoms with Crippen LogP contribution in [0.1, 0.15) is 26.3 Å². The number of halogens is 1. The molecule has 118 valence electrons. The van der Waals surface area contributed by atoms with E-state index in [4.69, 9.17) is 21.9 Å². The number of amides is 1. The Kier molecular flexibility index (Phi) is 6.28. The van der Waals surface area contributed by atoms with Gasteiger partial charge in [-0.2, -0.15) is 4.79 Å². The second-order valence-corrected chi connectivity index (χ2v) is 6.11. The van der Waals surface area contributed by atoms with Crippen molar-refractivity contribution in [1.82, 2.24) is 5.32 Å². The summed E-state index contributed by atoms with van der Waals surface area (Å²) in [6, 6.07) is 5.97. The summed E-state index contributed by atoms with van der Waals surface area (Å²) in [7, 11) is 0. The van der Waals surface area contributed by atoms with Crippen LogP contribution in [0.25, 0.3) is 5.53 Å². The number of nitrogens with zero attached hydrogens (tertiary/aromatic N) is 2. The molecule has 1 N–H and O–H groups in total. The number of hydrogen-bond donors (Lipinski definition) is 1. The van der Waals surface area contributed by atoms with Crippen LogP contribution in [0.15, 0.2) is 24.3 Å². The largest absolute Gasteiger partial charge is 0.444 e. The molecule has 1 atom stereocenters. The second-order valence-electron chi connectivity index (χ2n) is 5.68. The van der Waals surface area contributed by atoms with Gasteiger partial charge in [0.15, 0.2) is 0 Å². The molecule has 7 heteroatoms. The lowest BCUT2D eigenvalue weighted by Crippen LogP contribution is -2.45. The summed E-state index contributed by atoms with van der Waals surface area (Å²) in [6.45, 7) is 5.16. The van der Waals surface area contributed by atoms with E-state index in [1.165, 1.54) is 0 Å². The monoisotopic (exact) mass is 323 g/mol. The lowest BCUT2D eigenvalue weighted by molar-refractivity contribution is -0.118. The molecular formula is C15H18ClN3O3. The van der Waals surface area contributed by atoms with E-state index < -0.39 is 23.5 Å². The minimum atomic E-state index is -0.896. The Balaban J connectivity index is 2.84. The van der Waals surface area contributed by atoms with Crippen molar-refractivity contribution in [2.24, 2.45) is 0 Å². The van der Waals surface area contributed by atoms with E-state index >= 15 is 0 Å². The van der Waals surface area contributed by atoms with E-state index in [9.17, 15) is 9.59 Å². The maximum Gasteiger partial charge on any atom is 0.408 e. The van der Waals surface area contributed by atoms with Crippen molar-refractivity contribution in [2.45, 2.75) is 38.8 Å². The van der Waals surface area contributed by atoms with Crippen molar-refractivity contribution in [3.8, 4) is 0 Å². The maximum atomic E-state index is 11.9. The van der Waals surface area contributed by atoms with E-state index in [0.29, 0.717) is 5.02 Å². The molecule has 0 spiro atoms. The first kappa shape index (κ1) is 17.9. The van der Waals surface area contributed by atoms with E-state index in [1.54, 1.807) is 45.0 Å². The number of ketones is 1. The van der Waals surface area contributed by atoms with Crippen LogP contribution in [-0.2, 0) is 16.0 Å². The van der Waals surface area contributed by atoms with Crippen molar-refractivity contribution >= 4 is 29.7 Å². The van der Waals surface area contributed by atoms with Gasteiger partial charge in [-0.15, -0.1) is 0 Å². The van der Waals surface area contributed by atoms with Gasteiger partial charge in [0.05, 0.1) is 0 Å². The first-order valence-electron chi connectivity index (χ1n) is 6.66. The van der Waals surface area contributed by atoms with E-state index in [-0.39, 0.29) is 6.42 Å². The average molecular weight is 324 g/mol. The molecule has 0 saturated carbocycles. The van der Waals surface area contributed by atoms with Crippen molar-refractivity contribution in [3.63, 3.8) is 0 Å². The van der Waals surface area contributed by atoms with Gasteiger partial charge in [0, 0.05) is 11.4 Å². The Morgan fingerprint density at radius 1 is 1.36 bits per heavy atom. The maximum absolute atomic E-state index is 11.9. The predicted molar refractivity (Wildman–Crippen MR) is 83.0 cm³/mol. The molecule has 0 aliphatic heterocycles. The molecule has 22 heavy (non-hydrogen) atoms. The van der Waals surface area contributed by atoms with E-state index in [0.717, 1.165) is 11.8 Å². The summed E-state index contributed by atoms with van der Waals surface area (Å²) in [6.07, 6.45) is 0.255. The molecule has 0 heterocycles. The minimum absolute atomic E-state index is 0.223. The number of hydrogen-bond acceptors (Lipinski definition) is 3. The summed E-state index contributed by atoms with van der Waals surface area (Å²) < 4.78 is 5.12. The highest BCUT2D eigenvalue weighted by Crippen LogP contribution is 2.12. The fraction of sp³-hybridized carbons (Fsp3) is 0.400. The van der Waals surface area contributed by atoms with Gasteiger partial charge in [-0.25, -0.2) is 4.79 Å². The standard InChI is InChI=1S/C15H18ClN3O3/c1-15(2,3)22-14(21)19-12(13(20)9-18-17)8-10-4-6-11(16)7-5-10/h4-7,9,12H,8H2,1-3H3,(H,19,21)/t12-/m0/s1. The normalized spacial score (nSPS) is 12.0. The summed E-state index contributed by atoms with van der Waals surface area (Å²) in [4.78, 5) is 26.4. The van der Waals surface area contributed by atoms with Crippen LogP contribution < -0.4 is 5.32 Å². The molecule has 0 bridgehead atoms. The molecular weight excluding hydrogens is 306 g/mol. The summed E-state index contributed by atoms with van der Waals surface area (Å²) in [5, 5.41) is 3.05.